The summed E-state index contributed by atoms with van der Waals surface area (Å²) in [5, 5.41) is 3.48. The molecule has 0 radical (unpaired) electrons. The molecule has 0 bridgehead atoms. The Hall–Kier alpha value is -1.80. The number of nitrogens with one attached hydrogen (secondary N) is 1. The van der Waals surface area contributed by atoms with E-state index in [0.29, 0.717) is 6.04 Å². The van der Waals surface area contributed by atoms with Crippen molar-refractivity contribution in [1.82, 2.24) is 0 Å². The number of hydrogen-bond donors (Lipinski definition) is 1. The van der Waals surface area contributed by atoms with Crippen LogP contribution >= 0.6 is 0 Å². The predicted octanol–water partition coefficient (Wildman–Crippen LogP) is 4.19. The van der Waals surface area contributed by atoms with Crippen LogP contribution in [0.25, 0.3) is 11.1 Å². The van der Waals surface area contributed by atoms with E-state index in [2.05, 4.69) is 60.8 Å². The Morgan fingerprint density at radius 3 is 2.16 bits per heavy atom. The van der Waals surface area contributed by atoms with Gasteiger partial charge in [0.05, 0.1) is 6.61 Å². The van der Waals surface area contributed by atoms with Crippen LogP contribution in [-0.2, 0) is 4.74 Å². The summed E-state index contributed by atoms with van der Waals surface area (Å²) >= 11 is 0. The minimum absolute atomic E-state index is 0.368. The Morgan fingerprint density at radius 2 is 1.58 bits per heavy atom. The molecule has 1 atom stereocenters. The fourth-order valence-corrected chi connectivity index (χ4v) is 2.09. The summed E-state index contributed by atoms with van der Waals surface area (Å²) in [6.07, 6.45) is 1.05. The second-order valence-electron chi connectivity index (χ2n) is 4.65. The lowest BCUT2D eigenvalue weighted by molar-refractivity contribution is 0.184. The van der Waals surface area contributed by atoms with Crippen molar-refractivity contribution in [2.75, 3.05) is 19.0 Å². The van der Waals surface area contributed by atoms with Gasteiger partial charge < -0.3 is 10.1 Å². The van der Waals surface area contributed by atoms with Gasteiger partial charge in [-0.2, -0.15) is 0 Å². The molecule has 0 aliphatic carbocycles. The van der Waals surface area contributed by atoms with Gasteiger partial charge in [-0.25, -0.2) is 0 Å². The van der Waals surface area contributed by atoms with Crippen molar-refractivity contribution < 1.29 is 4.74 Å². The van der Waals surface area contributed by atoms with Crippen molar-refractivity contribution in [3.63, 3.8) is 0 Å². The Kier molecular flexibility index (Phi) is 4.99. The summed E-state index contributed by atoms with van der Waals surface area (Å²) in [4.78, 5) is 0. The monoisotopic (exact) mass is 255 g/mol. The molecule has 0 saturated heterocycles. The van der Waals surface area contributed by atoms with E-state index in [1.54, 1.807) is 7.11 Å². The minimum Gasteiger partial charge on any atom is -0.383 e. The lowest BCUT2D eigenvalue weighted by Crippen LogP contribution is -2.23. The van der Waals surface area contributed by atoms with E-state index in [0.717, 1.165) is 18.7 Å². The molecular weight excluding hydrogens is 234 g/mol. The molecule has 0 heterocycles. The van der Waals surface area contributed by atoms with Crippen molar-refractivity contribution >= 4 is 5.69 Å². The van der Waals surface area contributed by atoms with Crippen LogP contribution in [-0.4, -0.2) is 19.8 Å². The fraction of sp³-hybridized carbons (Fsp3) is 0.294. The normalized spacial score (nSPS) is 12.1. The zero-order chi connectivity index (χ0) is 13.5. The van der Waals surface area contributed by atoms with Crippen LogP contribution < -0.4 is 5.32 Å². The van der Waals surface area contributed by atoms with Gasteiger partial charge in [0.25, 0.3) is 0 Å². The molecule has 2 heteroatoms. The molecule has 0 aliphatic heterocycles. The first kappa shape index (κ1) is 13.6. The van der Waals surface area contributed by atoms with Gasteiger partial charge in [-0.1, -0.05) is 49.4 Å². The third-order valence-corrected chi connectivity index (χ3v) is 3.22. The van der Waals surface area contributed by atoms with Gasteiger partial charge in [-0.3, -0.25) is 0 Å². The molecule has 19 heavy (non-hydrogen) atoms. The molecule has 0 spiro atoms. The van der Waals surface area contributed by atoms with Crippen LogP contribution in [0.5, 0.6) is 0 Å². The first-order valence-electron chi connectivity index (χ1n) is 6.74. The van der Waals surface area contributed by atoms with Gasteiger partial charge in [0, 0.05) is 18.8 Å². The van der Waals surface area contributed by atoms with Crippen molar-refractivity contribution in [2.24, 2.45) is 0 Å². The zero-order valence-electron chi connectivity index (χ0n) is 11.6. The molecule has 2 aromatic carbocycles. The number of benzene rings is 2. The number of methoxy groups -OCH3 is 1. The standard InChI is InChI=1S/C17H21NO/c1-3-16(13-19-2)18-17-11-9-15(10-12-17)14-7-5-4-6-8-14/h4-12,16,18H,3,13H2,1-2H3. The van der Waals surface area contributed by atoms with E-state index in [1.165, 1.54) is 11.1 Å². The van der Waals surface area contributed by atoms with Crippen LogP contribution in [0.3, 0.4) is 0 Å². The zero-order valence-corrected chi connectivity index (χ0v) is 11.6. The van der Waals surface area contributed by atoms with E-state index >= 15 is 0 Å². The number of hydrogen-bond acceptors (Lipinski definition) is 2. The van der Waals surface area contributed by atoms with Crippen LogP contribution in [0, 0.1) is 0 Å². The Bertz CT molecular complexity index is 478. The highest BCUT2D eigenvalue weighted by Crippen LogP contribution is 2.21. The van der Waals surface area contributed by atoms with Crippen molar-refractivity contribution in [3.05, 3.63) is 54.6 Å². The Balaban J connectivity index is 2.06. The smallest absolute Gasteiger partial charge is 0.0663 e. The molecule has 1 N–H and O–H groups in total. The molecule has 2 aromatic rings. The maximum absolute atomic E-state index is 5.20. The number of ether oxygens (including phenoxy) is 1. The summed E-state index contributed by atoms with van der Waals surface area (Å²) < 4.78 is 5.20. The van der Waals surface area contributed by atoms with Crippen molar-refractivity contribution in [1.29, 1.82) is 0 Å². The molecule has 1 unspecified atom stereocenters. The summed E-state index contributed by atoms with van der Waals surface area (Å²) in [7, 11) is 1.74. The second kappa shape index (κ2) is 6.95. The van der Waals surface area contributed by atoms with Gasteiger partial charge in [0.1, 0.15) is 0 Å². The summed E-state index contributed by atoms with van der Waals surface area (Å²) in [6.45, 7) is 2.89. The van der Waals surface area contributed by atoms with Crippen molar-refractivity contribution in [3.8, 4) is 11.1 Å². The lowest BCUT2D eigenvalue weighted by Gasteiger charge is -2.17. The van der Waals surface area contributed by atoms with E-state index < -0.39 is 0 Å². The molecule has 0 fully saturated rings. The molecule has 2 rings (SSSR count). The quantitative estimate of drug-likeness (QED) is 0.835. The first-order valence-corrected chi connectivity index (χ1v) is 6.74. The minimum atomic E-state index is 0.368. The summed E-state index contributed by atoms with van der Waals surface area (Å²) in [5.74, 6) is 0. The number of rotatable bonds is 6. The molecular formula is C17H21NO. The molecule has 0 amide bonds. The maximum Gasteiger partial charge on any atom is 0.0663 e. The molecule has 0 aliphatic rings. The Labute approximate surface area is 115 Å². The number of anilines is 1. The first-order chi connectivity index (χ1) is 9.33. The predicted molar refractivity (Wildman–Crippen MR) is 81.5 cm³/mol. The topological polar surface area (TPSA) is 21.3 Å². The third kappa shape index (κ3) is 3.83. The van der Waals surface area contributed by atoms with Gasteiger partial charge in [-0.05, 0) is 29.7 Å². The molecule has 2 nitrogen and oxygen atoms in total. The summed E-state index contributed by atoms with van der Waals surface area (Å²) in [6, 6.07) is 19.3. The van der Waals surface area contributed by atoms with Crippen LogP contribution in [0.1, 0.15) is 13.3 Å². The van der Waals surface area contributed by atoms with Gasteiger partial charge >= 0.3 is 0 Å². The largest absolute Gasteiger partial charge is 0.383 e. The molecule has 0 aromatic heterocycles. The average Bonchev–Trinajstić information content (AvgIpc) is 2.48. The highest BCUT2D eigenvalue weighted by molar-refractivity contribution is 5.65. The van der Waals surface area contributed by atoms with Crippen LogP contribution in [0.2, 0.25) is 0 Å². The van der Waals surface area contributed by atoms with Crippen LogP contribution in [0.15, 0.2) is 54.6 Å². The van der Waals surface area contributed by atoms with Gasteiger partial charge in [-0.15, -0.1) is 0 Å². The maximum atomic E-state index is 5.20. The van der Waals surface area contributed by atoms with Gasteiger partial charge in [0.15, 0.2) is 0 Å². The van der Waals surface area contributed by atoms with Gasteiger partial charge in [0.2, 0.25) is 0 Å². The molecule has 100 valence electrons. The highest BCUT2D eigenvalue weighted by atomic mass is 16.5. The van der Waals surface area contributed by atoms with Crippen molar-refractivity contribution in [2.45, 2.75) is 19.4 Å². The van der Waals surface area contributed by atoms with E-state index in [9.17, 15) is 0 Å². The third-order valence-electron chi connectivity index (χ3n) is 3.22. The van der Waals surface area contributed by atoms with E-state index in [4.69, 9.17) is 4.74 Å². The second-order valence-corrected chi connectivity index (χ2v) is 4.65. The van der Waals surface area contributed by atoms with E-state index in [-0.39, 0.29) is 0 Å². The fourth-order valence-electron chi connectivity index (χ4n) is 2.09. The van der Waals surface area contributed by atoms with E-state index in [1.807, 2.05) is 6.07 Å². The summed E-state index contributed by atoms with van der Waals surface area (Å²) in [5.41, 5.74) is 3.63. The SMILES string of the molecule is CCC(COC)Nc1ccc(-c2ccccc2)cc1. The average molecular weight is 255 g/mol. The molecule has 0 saturated carbocycles. The Morgan fingerprint density at radius 1 is 0.947 bits per heavy atom. The highest BCUT2D eigenvalue weighted by Gasteiger charge is 2.05. The van der Waals surface area contributed by atoms with Crippen LogP contribution in [0.4, 0.5) is 5.69 Å². The lowest BCUT2D eigenvalue weighted by atomic mass is 10.1.